The summed E-state index contributed by atoms with van der Waals surface area (Å²) in [6, 6.07) is 6.01. The molecule has 156 valence electrons. The summed E-state index contributed by atoms with van der Waals surface area (Å²) in [7, 11) is -2.13. The Balaban J connectivity index is 1.55. The molecule has 0 saturated carbocycles. The Morgan fingerprint density at radius 2 is 1.83 bits per heavy atom. The third-order valence-electron chi connectivity index (χ3n) is 5.02. The first-order valence-corrected chi connectivity index (χ1v) is 11.0. The highest BCUT2D eigenvalue weighted by Gasteiger charge is 2.32. The number of nitrogens with zero attached hydrogens (tertiary/aromatic N) is 3. The summed E-state index contributed by atoms with van der Waals surface area (Å²) < 4.78 is 39.1. The van der Waals surface area contributed by atoms with Crippen LogP contribution in [0, 0.1) is 5.82 Å². The van der Waals surface area contributed by atoms with Gasteiger partial charge >= 0.3 is 0 Å². The first kappa shape index (κ1) is 21.0. The number of sulfone groups is 1. The minimum atomic E-state index is -3.53. The molecule has 2 amide bonds. The van der Waals surface area contributed by atoms with Crippen LogP contribution < -0.4 is 5.32 Å². The first-order valence-electron chi connectivity index (χ1n) is 9.27. The SMILES string of the molecule is CNC(=O)CS(=O)(=O)C1CCN(C(=O)Cn2cc(-c3ccc(F)cc3)cn2)CC1. The van der Waals surface area contributed by atoms with Gasteiger partial charge in [-0.2, -0.15) is 5.10 Å². The molecule has 8 nitrogen and oxygen atoms in total. The number of carbonyl (C=O) groups is 2. The molecule has 1 saturated heterocycles. The van der Waals surface area contributed by atoms with E-state index in [-0.39, 0.29) is 18.3 Å². The summed E-state index contributed by atoms with van der Waals surface area (Å²) in [4.78, 5) is 25.5. The van der Waals surface area contributed by atoms with Crippen molar-refractivity contribution in [3.05, 3.63) is 42.5 Å². The fourth-order valence-electron chi connectivity index (χ4n) is 3.32. The van der Waals surface area contributed by atoms with Gasteiger partial charge in [-0.25, -0.2) is 12.8 Å². The maximum absolute atomic E-state index is 13.0. The summed E-state index contributed by atoms with van der Waals surface area (Å²) in [6.07, 6.45) is 3.94. The number of halogens is 1. The number of piperidine rings is 1. The average Bonchev–Trinajstić information content (AvgIpc) is 3.16. The molecule has 0 aliphatic carbocycles. The third-order valence-corrected chi connectivity index (χ3v) is 7.17. The van der Waals surface area contributed by atoms with Gasteiger partial charge in [-0.3, -0.25) is 14.3 Å². The van der Waals surface area contributed by atoms with E-state index in [1.807, 2.05) is 0 Å². The lowest BCUT2D eigenvalue weighted by molar-refractivity contribution is -0.132. The van der Waals surface area contributed by atoms with Crippen LogP contribution in [-0.2, 0) is 26.0 Å². The Hall–Kier alpha value is -2.75. The van der Waals surface area contributed by atoms with Crippen LogP contribution in [0.2, 0.25) is 0 Å². The van der Waals surface area contributed by atoms with Gasteiger partial charge in [-0.05, 0) is 30.5 Å². The van der Waals surface area contributed by atoms with Crippen LogP contribution in [0.15, 0.2) is 36.7 Å². The van der Waals surface area contributed by atoms with Crippen molar-refractivity contribution in [2.24, 2.45) is 0 Å². The molecule has 0 radical (unpaired) electrons. The first-order chi connectivity index (χ1) is 13.8. The Morgan fingerprint density at radius 3 is 2.45 bits per heavy atom. The van der Waals surface area contributed by atoms with Gasteiger partial charge in [0.2, 0.25) is 11.8 Å². The zero-order valence-electron chi connectivity index (χ0n) is 16.0. The minimum absolute atomic E-state index is 0.0385. The van der Waals surface area contributed by atoms with Crippen LogP contribution in [0.4, 0.5) is 4.39 Å². The Kier molecular flexibility index (Phi) is 6.31. The Morgan fingerprint density at radius 1 is 1.17 bits per heavy atom. The zero-order valence-corrected chi connectivity index (χ0v) is 16.9. The van der Waals surface area contributed by atoms with E-state index in [1.54, 1.807) is 29.4 Å². The maximum Gasteiger partial charge on any atom is 0.244 e. The molecule has 10 heteroatoms. The topological polar surface area (TPSA) is 101 Å². The summed E-state index contributed by atoms with van der Waals surface area (Å²) >= 11 is 0. The molecule has 1 aromatic heterocycles. The molecule has 29 heavy (non-hydrogen) atoms. The van der Waals surface area contributed by atoms with Gasteiger partial charge in [0.25, 0.3) is 0 Å². The summed E-state index contributed by atoms with van der Waals surface area (Å²) in [5.41, 5.74) is 1.57. The van der Waals surface area contributed by atoms with Crippen LogP contribution in [0.25, 0.3) is 11.1 Å². The molecule has 2 aromatic rings. The Bertz CT molecular complexity index is 980. The quantitative estimate of drug-likeness (QED) is 0.744. The van der Waals surface area contributed by atoms with Crippen molar-refractivity contribution < 1.29 is 22.4 Å². The number of hydrogen-bond acceptors (Lipinski definition) is 5. The second kappa shape index (κ2) is 8.73. The van der Waals surface area contributed by atoms with E-state index < -0.39 is 26.7 Å². The molecule has 0 spiro atoms. The lowest BCUT2D eigenvalue weighted by Gasteiger charge is -2.31. The van der Waals surface area contributed by atoms with Crippen LogP contribution in [0.3, 0.4) is 0 Å². The van der Waals surface area contributed by atoms with Gasteiger partial charge < -0.3 is 10.2 Å². The van der Waals surface area contributed by atoms with E-state index in [4.69, 9.17) is 0 Å². The lowest BCUT2D eigenvalue weighted by atomic mass is 10.1. The lowest BCUT2D eigenvalue weighted by Crippen LogP contribution is -2.45. The van der Waals surface area contributed by atoms with E-state index >= 15 is 0 Å². The molecule has 1 aromatic carbocycles. The third kappa shape index (κ3) is 5.20. The fourth-order valence-corrected chi connectivity index (χ4v) is 4.99. The van der Waals surface area contributed by atoms with Crippen molar-refractivity contribution >= 4 is 21.7 Å². The molecule has 1 fully saturated rings. The maximum atomic E-state index is 13.0. The predicted octanol–water partition coefficient (Wildman–Crippen LogP) is 0.841. The van der Waals surface area contributed by atoms with Gasteiger partial charge in [0.05, 0.1) is 11.4 Å². The van der Waals surface area contributed by atoms with Gasteiger partial charge in [-0.15, -0.1) is 0 Å². The number of benzene rings is 1. The second-order valence-electron chi connectivity index (χ2n) is 6.99. The standard InChI is InChI=1S/C19H23FN4O4S/c1-21-18(25)13-29(27,28)17-6-8-23(9-7-17)19(26)12-24-11-15(10-22-24)14-2-4-16(20)5-3-14/h2-5,10-11,17H,6-9,12-13H2,1H3,(H,21,25). The van der Waals surface area contributed by atoms with Gasteiger partial charge in [-0.1, -0.05) is 12.1 Å². The number of amides is 2. The number of aromatic nitrogens is 2. The van der Waals surface area contributed by atoms with Crippen molar-refractivity contribution in [1.82, 2.24) is 20.0 Å². The second-order valence-corrected chi connectivity index (χ2v) is 9.28. The smallest absolute Gasteiger partial charge is 0.244 e. The average molecular weight is 422 g/mol. The number of hydrogen-bond donors (Lipinski definition) is 1. The molecular weight excluding hydrogens is 399 g/mol. The number of nitrogens with one attached hydrogen (secondary N) is 1. The number of rotatable bonds is 6. The molecule has 3 rings (SSSR count). The van der Waals surface area contributed by atoms with Crippen molar-refractivity contribution in [2.45, 2.75) is 24.6 Å². The minimum Gasteiger partial charge on any atom is -0.358 e. The molecule has 1 aliphatic rings. The summed E-state index contributed by atoms with van der Waals surface area (Å²) in [5, 5.41) is 5.89. The molecule has 1 N–H and O–H groups in total. The summed E-state index contributed by atoms with van der Waals surface area (Å²) in [5.74, 6) is -1.53. The van der Waals surface area contributed by atoms with Crippen LogP contribution in [0.1, 0.15) is 12.8 Å². The fraction of sp³-hybridized carbons (Fsp3) is 0.421. The highest BCUT2D eigenvalue weighted by Crippen LogP contribution is 2.21. The summed E-state index contributed by atoms with van der Waals surface area (Å²) in [6.45, 7) is 0.683. The van der Waals surface area contributed by atoms with E-state index in [9.17, 15) is 22.4 Å². The van der Waals surface area contributed by atoms with E-state index in [1.165, 1.54) is 23.9 Å². The largest absolute Gasteiger partial charge is 0.358 e. The normalized spacial score (nSPS) is 15.3. The highest BCUT2D eigenvalue weighted by molar-refractivity contribution is 7.92. The van der Waals surface area contributed by atoms with Crippen molar-refractivity contribution in [3.8, 4) is 11.1 Å². The molecule has 0 bridgehead atoms. The van der Waals surface area contributed by atoms with Gasteiger partial charge in [0, 0.05) is 31.9 Å². The molecule has 2 heterocycles. The Labute approximate surface area is 168 Å². The molecular formula is C19H23FN4O4S. The van der Waals surface area contributed by atoms with Crippen LogP contribution in [-0.4, -0.2) is 66.1 Å². The number of likely N-dealkylation sites (tertiary alicyclic amines) is 1. The van der Waals surface area contributed by atoms with Gasteiger partial charge in [0.1, 0.15) is 18.1 Å². The number of carbonyl (C=O) groups excluding carboxylic acids is 2. The van der Waals surface area contributed by atoms with Crippen molar-refractivity contribution in [2.75, 3.05) is 25.9 Å². The van der Waals surface area contributed by atoms with Crippen LogP contribution >= 0.6 is 0 Å². The van der Waals surface area contributed by atoms with Gasteiger partial charge in [0.15, 0.2) is 9.84 Å². The molecule has 1 aliphatic heterocycles. The zero-order chi connectivity index (χ0) is 21.0. The van der Waals surface area contributed by atoms with Crippen molar-refractivity contribution in [3.63, 3.8) is 0 Å². The molecule has 0 unspecified atom stereocenters. The molecule has 0 atom stereocenters. The monoisotopic (exact) mass is 422 g/mol. The van der Waals surface area contributed by atoms with E-state index in [0.29, 0.717) is 25.9 Å². The van der Waals surface area contributed by atoms with Crippen LogP contribution in [0.5, 0.6) is 0 Å². The van der Waals surface area contributed by atoms with Crippen molar-refractivity contribution in [1.29, 1.82) is 0 Å². The highest BCUT2D eigenvalue weighted by atomic mass is 32.2. The van der Waals surface area contributed by atoms with E-state index in [0.717, 1.165) is 11.1 Å². The predicted molar refractivity (Wildman–Crippen MR) is 105 cm³/mol. The van der Waals surface area contributed by atoms with E-state index in [2.05, 4.69) is 10.4 Å².